The van der Waals surface area contributed by atoms with Gasteiger partial charge in [0.2, 0.25) is 0 Å². The fraction of sp³-hybridized carbons (Fsp3) is 0.240. The molecule has 3 rings (SSSR count). The van der Waals surface area contributed by atoms with E-state index in [0.717, 1.165) is 17.7 Å². The first-order valence-corrected chi connectivity index (χ1v) is 10.2. The van der Waals surface area contributed by atoms with Gasteiger partial charge in [-0.3, -0.25) is 4.79 Å². The van der Waals surface area contributed by atoms with Crippen LogP contribution in [0.2, 0.25) is 5.02 Å². The standard InChI is InChI=1S/C25H26ClNO/c1-2-3-7-19-10-16-23(17-11-19)27-24(20-8-5-4-6-9-20)18-25(28)21-12-14-22(26)15-13-21/h4-6,8-17,24,27H,2-3,7,18H2,1H3. The SMILES string of the molecule is CCCCc1ccc(NC(CC(=O)c2ccc(Cl)cc2)c2ccccc2)cc1. The van der Waals surface area contributed by atoms with E-state index in [0.29, 0.717) is 17.0 Å². The first-order chi connectivity index (χ1) is 13.7. The highest BCUT2D eigenvalue weighted by Gasteiger charge is 2.17. The van der Waals surface area contributed by atoms with Gasteiger partial charge in [0.15, 0.2) is 5.78 Å². The zero-order chi connectivity index (χ0) is 19.8. The Morgan fingerprint density at radius 3 is 2.25 bits per heavy atom. The quantitative estimate of drug-likeness (QED) is 0.394. The normalized spacial score (nSPS) is 11.8. The van der Waals surface area contributed by atoms with Gasteiger partial charge in [0.25, 0.3) is 0 Å². The van der Waals surface area contributed by atoms with Crippen molar-refractivity contribution >= 4 is 23.1 Å². The summed E-state index contributed by atoms with van der Waals surface area (Å²) >= 11 is 5.95. The first-order valence-electron chi connectivity index (χ1n) is 9.85. The predicted octanol–water partition coefficient (Wildman–Crippen LogP) is 7.11. The van der Waals surface area contributed by atoms with Crippen LogP contribution < -0.4 is 5.32 Å². The first kappa shape index (κ1) is 20.2. The summed E-state index contributed by atoms with van der Waals surface area (Å²) in [5.74, 6) is 0.0950. The number of ketones is 1. The summed E-state index contributed by atoms with van der Waals surface area (Å²) in [6.45, 7) is 2.21. The number of rotatable bonds is 9. The van der Waals surface area contributed by atoms with Crippen LogP contribution in [0.3, 0.4) is 0 Å². The number of carbonyl (C=O) groups is 1. The minimum atomic E-state index is -0.0918. The maximum atomic E-state index is 12.8. The van der Waals surface area contributed by atoms with Crippen molar-refractivity contribution in [2.75, 3.05) is 5.32 Å². The third-order valence-electron chi connectivity index (χ3n) is 4.87. The number of unbranched alkanes of at least 4 members (excludes halogenated alkanes) is 1. The van der Waals surface area contributed by atoms with Crippen LogP contribution in [0.15, 0.2) is 78.9 Å². The Bertz CT molecular complexity index is 873. The second-order valence-electron chi connectivity index (χ2n) is 7.04. The van der Waals surface area contributed by atoms with Crippen LogP contribution in [0, 0.1) is 0 Å². The van der Waals surface area contributed by atoms with E-state index < -0.39 is 0 Å². The molecule has 0 saturated carbocycles. The number of benzene rings is 3. The minimum Gasteiger partial charge on any atom is -0.378 e. The molecule has 0 heterocycles. The average Bonchev–Trinajstić information content (AvgIpc) is 2.74. The molecule has 0 bridgehead atoms. The van der Waals surface area contributed by atoms with Gasteiger partial charge in [-0.1, -0.05) is 67.4 Å². The van der Waals surface area contributed by atoms with Gasteiger partial charge in [-0.25, -0.2) is 0 Å². The topological polar surface area (TPSA) is 29.1 Å². The Kier molecular flexibility index (Phi) is 7.27. The van der Waals surface area contributed by atoms with Crippen LogP contribution in [-0.4, -0.2) is 5.78 Å². The fourth-order valence-electron chi connectivity index (χ4n) is 3.23. The molecule has 0 aliphatic rings. The lowest BCUT2D eigenvalue weighted by Crippen LogP contribution is -2.15. The maximum Gasteiger partial charge on any atom is 0.165 e. The van der Waals surface area contributed by atoms with Crippen LogP contribution >= 0.6 is 11.6 Å². The summed E-state index contributed by atoms with van der Waals surface area (Å²) in [5.41, 5.74) is 4.15. The van der Waals surface area contributed by atoms with E-state index >= 15 is 0 Å². The van der Waals surface area contributed by atoms with Crippen molar-refractivity contribution < 1.29 is 4.79 Å². The Hall–Kier alpha value is -2.58. The highest BCUT2D eigenvalue weighted by molar-refractivity contribution is 6.30. The third kappa shape index (κ3) is 5.71. The maximum absolute atomic E-state index is 12.8. The zero-order valence-corrected chi connectivity index (χ0v) is 17.0. The second kappa shape index (κ2) is 10.1. The van der Waals surface area contributed by atoms with E-state index in [1.54, 1.807) is 24.3 Å². The van der Waals surface area contributed by atoms with E-state index in [4.69, 9.17) is 11.6 Å². The summed E-state index contributed by atoms with van der Waals surface area (Å²) < 4.78 is 0. The molecule has 0 aliphatic carbocycles. The zero-order valence-electron chi connectivity index (χ0n) is 16.2. The van der Waals surface area contributed by atoms with Gasteiger partial charge in [0.05, 0.1) is 6.04 Å². The monoisotopic (exact) mass is 391 g/mol. The lowest BCUT2D eigenvalue weighted by atomic mass is 9.97. The molecule has 0 radical (unpaired) electrons. The molecule has 144 valence electrons. The van der Waals surface area contributed by atoms with Gasteiger partial charge >= 0.3 is 0 Å². The molecule has 0 amide bonds. The number of hydrogen-bond acceptors (Lipinski definition) is 2. The molecule has 28 heavy (non-hydrogen) atoms. The van der Waals surface area contributed by atoms with E-state index in [1.807, 2.05) is 18.2 Å². The second-order valence-corrected chi connectivity index (χ2v) is 7.48. The van der Waals surface area contributed by atoms with E-state index in [-0.39, 0.29) is 11.8 Å². The van der Waals surface area contributed by atoms with Gasteiger partial charge in [-0.05, 0) is 60.4 Å². The number of anilines is 1. The molecule has 0 saturated heterocycles. The van der Waals surface area contributed by atoms with Crippen LogP contribution in [-0.2, 0) is 6.42 Å². The van der Waals surface area contributed by atoms with Crippen molar-refractivity contribution in [3.05, 3.63) is 101 Å². The molecule has 1 atom stereocenters. The molecule has 0 fully saturated rings. The predicted molar refractivity (Wildman–Crippen MR) is 118 cm³/mol. The average molecular weight is 392 g/mol. The smallest absolute Gasteiger partial charge is 0.165 e. The fourth-order valence-corrected chi connectivity index (χ4v) is 3.35. The van der Waals surface area contributed by atoms with Crippen molar-refractivity contribution in [2.45, 2.75) is 38.6 Å². The molecule has 3 aromatic rings. The number of carbonyl (C=O) groups excluding carboxylic acids is 1. The number of Topliss-reactive ketones (excluding diaryl/α,β-unsaturated/α-hetero) is 1. The Morgan fingerprint density at radius 2 is 1.61 bits per heavy atom. The van der Waals surface area contributed by atoms with Crippen LogP contribution in [0.4, 0.5) is 5.69 Å². The Labute approximate surface area is 172 Å². The van der Waals surface area contributed by atoms with Crippen molar-refractivity contribution in [1.29, 1.82) is 0 Å². The number of hydrogen-bond donors (Lipinski definition) is 1. The molecular weight excluding hydrogens is 366 g/mol. The van der Waals surface area contributed by atoms with E-state index in [1.165, 1.54) is 18.4 Å². The van der Waals surface area contributed by atoms with Crippen LogP contribution in [0.25, 0.3) is 0 Å². The molecule has 0 spiro atoms. The molecule has 1 N–H and O–H groups in total. The van der Waals surface area contributed by atoms with E-state index in [2.05, 4.69) is 48.6 Å². The van der Waals surface area contributed by atoms with Gasteiger partial charge in [-0.15, -0.1) is 0 Å². The van der Waals surface area contributed by atoms with Gasteiger partial charge < -0.3 is 5.32 Å². The molecular formula is C25H26ClNO. The summed E-state index contributed by atoms with van der Waals surface area (Å²) in [6, 6.07) is 25.7. The van der Waals surface area contributed by atoms with Crippen LogP contribution in [0.5, 0.6) is 0 Å². The van der Waals surface area contributed by atoms with Crippen molar-refractivity contribution in [3.8, 4) is 0 Å². The Morgan fingerprint density at radius 1 is 0.929 bits per heavy atom. The van der Waals surface area contributed by atoms with Crippen molar-refractivity contribution in [3.63, 3.8) is 0 Å². The molecule has 2 nitrogen and oxygen atoms in total. The largest absolute Gasteiger partial charge is 0.378 e. The highest BCUT2D eigenvalue weighted by Crippen LogP contribution is 2.25. The van der Waals surface area contributed by atoms with Gasteiger partial charge in [0.1, 0.15) is 0 Å². The molecule has 3 aromatic carbocycles. The summed E-state index contributed by atoms with van der Waals surface area (Å²) in [5, 5.41) is 4.18. The lowest BCUT2D eigenvalue weighted by molar-refractivity contribution is 0.0976. The molecule has 0 aliphatic heterocycles. The minimum absolute atomic E-state index is 0.0918. The molecule has 0 aromatic heterocycles. The van der Waals surface area contributed by atoms with Crippen molar-refractivity contribution in [2.24, 2.45) is 0 Å². The van der Waals surface area contributed by atoms with Crippen molar-refractivity contribution in [1.82, 2.24) is 0 Å². The van der Waals surface area contributed by atoms with E-state index in [9.17, 15) is 4.79 Å². The molecule has 3 heteroatoms. The summed E-state index contributed by atoms with van der Waals surface area (Å²) in [6.07, 6.45) is 3.88. The number of aryl methyl sites for hydroxylation is 1. The third-order valence-corrected chi connectivity index (χ3v) is 5.12. The van der Waals surface area contributed by atoms with Gasteiger partial charge in [0, 0.05) is 22.7 Å². The number of halogens is 1. The summed E-state index contributed by atoms with van der Waals surface area (Å²) in [7, 11) is 0. The summed E-state index contributed by atoms with van der Waals surface area (Å²) in [4.78, 5) is 12.8. The highest BCUT2D eigenvalue weighted by atomic mass is 35.5. The van der Waals surface area contributed by atoms with Crippen LogP contribution in [0.1, 0.15) is 53.7 Å². The molecule has 1 unspecified atom stereocenters. The lowest BCUT2D eigenvalue weighted by Gasteiger charge is -2.20. The Balaban J connectivity index is 1.76. The van der Waals surface area contributed by atoms with Gasteiger partial charge in [-0.2, -0.15) is 0 Å². The number of nitrogens with one attached hydrogen (secondary N) is 1.